The molecule has 0 saturated carbocycles. The molecule has 0 unspecified atom stereocenters. The highest BCUT2D eigenvalue weighted by atomic mass is 35.5. The van der Waals surface area contributed by atoms with Crippen LogP contribution in [-0.4, -0.2) is 18.2 Å². The third kappa shape index (κ3) is 3.65. The smallest absolute Gasteiger partial charge is 0.265 e. The number of anilines is 1. The first-order valence-corrected chi connectivity index (χ1v) is 10.4. The van der Waals surface area contributed by atoms with Gasteiger partial charge < -0.3 is 0 Å². The van der Waals surface area contributed by atoms with Crippen molar-refractivity contribution in [1.29, 1.82) is 0 Å². The number of nitrogens with one attached hydrogen (secondary N) is 1. The predicted octanol–water partition coefficient (Wildman–Crippen LogP) is 4.99. The molecule has 4 aromatic rings. The maximum Gasteiger partial charge on any atom is 0.265 e. The van der Waals surface area contributed by atoms with E-state index in [4.69, 9.17) is 11.6 Å². The van der Waals surface area contributed by atoms with Crippen LogP contribution >= 0.6 is 11.6 Å². The molecule has 140 valence electrons. The molecule has 0 saturated heterocycles. The zero-order valence-electron chi connectivity index (χ0n) is 14.7. The van der Waals surface area contributed by atoms with Crippen LogP contribution in [0.25, 0.3) is 16.9 Å². The molecule has 28 heavy (non-hydrogen) atoms. The first kappa shape index (κ1) is 18.3. The van der Waals surface area contributed by atoms with Crippen molar-refractivity contribution in [2.24, 2.45) is 0 Å². The Kier molecular flexibility index (Phi) is 4.90. The van der Waals surface area contributed by atoms with Crippen LogP contribution in [0.5, 0.6) is 0 Å². The summed E-state index contributed by atoms with van der Waals surface area (Å²) in [6, 6.07) is 25.3. The van der Waals surface area contributed by atoms with Crippen molar-refractivity contribution in [3.8, 4) is 16.9 Å². The molecule has 0 aliphatic carbocycles. The Morgan fingerprint density at radius 3 is 2.11 bits per heavy atom. The van der Waals surface area contributed by atoms with Crippen LogP contribution in [0, 0.1) is 0 Å². The monoisotopic (exact) mass is 409 g/mol. The fourth-order valence-corrected chi connectivity index (χ4v) is 4.28. The van der Waals surface area contributed by atoms with E-state index >= 15 is 0 Å². The zero-order valence-corrected chi connectivity index (χ0v) is 16.2. The number of benzene rings is 3. The number of para-hydroxylation sites is 2. The standard InChI is InChI=1S/C21H16ClN3O2S/c22-18-13-7-8-14-19(18)24-28(26,27)20-15-25(17-11-5-2-6-12-17)23-21(20)16-9-3-1-4-10-16/h1-15,24H. The highest BCUT2D eigenvalue weighted by molar-refractivity contribution is 7.92. The van der Waals surface area contributed by atoms with Gasteiger partial charge in [-0.3, -0.25) is 4.72 Å². The minimum absolute atomic E-state index is 0.0717. The number of aromatic nitrogens is 2. The summed E-state index contributed by atoms with van der Waals surface area (Å²) < 4.78 is 30.5. The minimum atomic E-state index is -3.92. The Morgan fingerprint density at radius 1 is 0.821 bits per heavy atom. The molecule has 0 bridgehead atoms. The molecule has 0 atom stereocenters. The molecule has 3 aromatic carbocycles. The molecule has 0 fully saturated rings. The van der Waals surface area contributed by atoms with Gasteiger partial charge in [-0.25, -0.2) is 13.1 Å². The van der Waals surface area contributed by atoms with Gasteiger partial charge in [0.15, 0.2) is 0 Å². The van der Waals surface area contributed by atoms with Crippen molar-refractivity contribution >= 4 is 27.3 Å². The summed E-state index contributed by atoms with van der Waals surface area (Å²) in [4.78, 5) is 0.0717. The minimum Gasteiger partial charge on any atom is -0.278 e. The predicted molar refractivity (Wildman–Crippen MR) is 111 cm³/mol. The number of hydrogen-bond donors (Lipinski definition) is 1. The topological polar surface area (TPSA) is 64.0 Å². The first-order chi connectivity index (χ1) is 13.5. The molecule has 1 heterocycles. The molecular weight excluding hydrogens is 394 g/mol. The maximum absolute atomic E-state index is 13.2. The zero-order chi connectivity index (χ0) is 19.6. The lowest BCUT2D eigenvalue weighted by Gasteiger charge is -2.09. The van der Waals surface area contributed by atoms with Gasteiger partial charge in [0, 0.05) is 5.56 Å². The second-order valence-electron chi connectivity index (χ2n) is 6.07. The van der Waals surface area contributed by atoms with Gasteiger partial charge in [-0.15, -0.1) is 0 Å². The van der Waals surface area contributed by atoms with Crippen LogP contribution < -0.4 is 4.72 Å². The highest BCUT2D eigenvalue weighted by Gasteiger charge is 2.25. The van der Waals surface area contributed by atoms with E-state index in [0.717, 1.165) is 5.69 Å². The van der Waals surface area contributed by atoms with E-state index in [2.05, 4.69) is 9.82 Å². The molecule has 0 aliphatic rings. The van der Waals surface area contributed by atoms with E-state index in [1.54, 1.807) is 28.9 Å². The van der Waals surface area contributed by atoms with Crippen LogP contribution in [0.1, 0.15) is 0 Å². The second kappa shape index (κ2) is 7.50. The molecule has 5 nitrogen and oxygen atoms in total. The highest BCUT2D eigenvalue weighted by Crippen LogP contribution is 2.30. The molecule has 0 radical (unpaired) electrons. The summed E-state index contributed by atoms with van der Waals surface area (Å²) in [5.74, 6) is 0. The van der Waals surface area contributed by atoms with Gasteiger partial charge in [0.25, 0.3) is 10.0 Å². The van der Waals surface area contributed by atoms with E-state index in [1.807, 2.05) is 60.7 Å². The van der Waals surface area contributed by atoms with Crippen molar-refractivity contribution in [2.75, 3.05) is 4.72 Å². The van der Waals surface area contributed by atoms with Crippen LogP contribution in [0.2, 0.25) is 5.02 Å². The van der Waals surface area contributed by atoms with Gasteiger partial charge in [-0.05, 0) is 24.3 Å². The van der Waals surface area contributed by atoms with Crippen molar-refractivity contribution in [3.05, 3.63) is 96.1 Å². The van der Waals surface area contributed by atoms with Gasteiger partial charge in [-0.2, -0.15) is 5.10 Å². The third-order valence-electron chi connectivity index (χ3n) is 4.16. The lowest BCUT2D eigenvalue weighted by atomic mass is 10.2. The fourth-order valence-electron chi connectivity index (χ4n) is 2.81. The lowest BCUT2D eigenvalue weighted by molar-refractivity contribution is 0.601. The van der Waals surface area contributed by atoms with Gasteiger partial charge in [-0.1, -0.05) is 72.3 Å². The van der Waals surface area contributed by atoms with E-state index in [9.17, 15) is 8.42 Å². The first-order valence-electron chi connectivity index (χ1n) is 8.52. The number of sulfonamides is 1. The Balaban J connectivity index is 1.85. The molecule has 4 rings (SSSR count). The van der Waals surface area contributed by atoms with Crippen molar-refractivity contribution in [1.82, 2.24) is 9.78 Å². The van der Waals surface area contributed by atoms with Crippen LogP contribution in [0.15, 0.2) is 96.0 Å². The molecule has 0 aliphatic heterocycles. The Hall–Kier alpha value is -3.09. The van der Waals surface area contributed by atoms with Crippen molar-refractivity contribution in [3.63, 3.8) is 0 Å². The molecule has 1 N–H and O–H groups in total. The number of rotatable bonds is 5. The van der Waals surface area contributed by atoms with E-state index in [0.29, 0.717) is 22.0 Å². The quantitative estimate of drug-likeness (QED) is 0.504. The lowest BCUT2D eigenvalue weighted by Crippen LogP contribution is -2.13. The third-order valence-corrected chi connectivity index (χ3v) is 5.85. The summed E-state index contributed by atoms with van der Waals surface area (Å²) in [6.07, 6.45) is 1.51. The van der Waals surface area contributed by atoms with Gasteiger partial charge in [0.1, 0.15) is 10.6 Å². The van der Waals surface area contributed by atoms with Crippen molar-refractivity contribution in [2.45, 2.75) is 4.90 Å². The maximum atomic E-state index is 13.2. The van der Waals surface area contributed by atoms with Gasteiger partial charge >= 0.3 is 0 Å². The summed E-state index contributed by atoms with van der Waals surface area (Å²) in [5.41, 5.74) is 2.15. The fraction of sp³-hybridized carbons (Fsp3) is 0. The average Bonchev–Trinajstić information content (AvgIpc) is 3.18. The summed E-state index contributed by atoms with van der Waals surface area (Å²) in [6.45, 7) is 0. The van der Waals surface area contributed by atoms with Gasteiger partial charge in [0.2, 0.25) is 0 Å². The van der Waals surface area contributed by atoms with Crippen LogP contribution in [0.3, 0.4) is 0 Å². The average molecular weight is 410 g/mol. The van der Waals surface area contributed by atoms with Crippen LogP contribution in [-0.2, 0) is 10.0 Å². The number of halogens is 1. The van der Waals surface area contributed by atoms with E-state index in [-0.39, 0.29) is 4.90 Å². The molecule has 0 spiro atoms. The Labute approximate surface area is 168 Å². The largest absolute Gasteiger partial charge is 0.278 e. The second-order valence-corrected chi connectivity index (χ2v) is 8.13. The molecule has 7 heteroatoms. The molecule has 1 aromatic heterocycles. The Bertz CT molecular complexity index is 1210. The molecular formula is C21H16ClN3O2S. The van der Waals surface area contributed by atoms with E-state index in [1.165, 1.54) is 6.20 Å². The number of hydrogen-bond acceptors (Lipinski definition) is 3. The summed E-state index contributed by atoms with van der Waals surface area (Å²) >= 11 is 6.13. The normalized spacial score (nSPS) is 11.3. The summed E-state index contributed by atoms with van der Waals surface area (Å²) in [5, 5.41) is 4.87. The van der Waals surface area contributed by atoms with Gasteiger partial charge in [0.05, 0.1) is 22.6 Å². The molecule has 0 amide bonds. The summed E-state index contributed by atoms with van der Waals surface area (Å²) in [7, 11) is -3.92. The van der Waals surface area contributed by atoms with E-state index < -0.39 is 10.0 Å². The van der Waals surface area contributed by atoms with Crippen LogP contribution in [0.4, 0.5) is 5.69 Å². The number of nitrogens with zero attached hydrogens (tertiary/aromatic N) is 2. The Morgan fingerprint density at radius 2 is 1.43 bits per heavy atom. The SMILES string of the molecule is O=S(=O)(Nc1ccccc1Cl)c1cn(-c2ccccc2)nc1-c1ccccc1. The van der Waals surface area contributed by atoms with Crippen molar-refractivity contribution < 1.29 is 8.42 Å².